The van der Waals surface area contributed by atoms with Crippen LogP contribution in [0.2, 0.25) is 0 Å². The van der Waals surface area contributed by atoms with Crippen LogP contribution in [0.1, 0.15) is 61.2 Å². The molecule has 0 aromatic heterocycles. The number of hydrogen-bond acceptors (Lipinski definition) is 2. The van der Waals surface area contributed by atoms with Crippen molar-refractivity contribution in [3.05, 3.63) is 201 Å². The molecule has 0 fully saturated rings. The van der Waals surface area contributed by atoms with Crippen LogP contribution in [-0.4, -0.2) is 0 Å². The number of rotatable bonds is 10. The molecular formula is C42H40N2. The molecule has 6 aromatic rings. The Kier molecular flexibility index (Phi) is 8.89. The van der Waals surface area contributed by atoms with Gasteiger partial charge in [-0.1, -0.05) is 115 Å². The lowest BCUT2D eigenvalue weighted by Gasteiger charge is -2.11. The summed E-state index contributed by atoms with van der Waals surface area (Å²) in [5.74, 6) is 0. The van der Waals surface area contributed by atoms with Gasteiger partial charge in [0.05, 0.1) is 0 Å². The van der Waals surface area contributed by atoms with Crippen molar-refractivity contribution >= 4 is 11.4 Å². The van der Waals surface area contributed by atoms with Gasteiger partial charge in [-0.25, -0.2) is 0 Å². The van der Waals surface area contributed by atoms with Crippen LogP contribution in [0, 0.1) is 6.92 Å². The lowest BCUT2D eigenvalue weighted by atomic mass is 9.94. The van der Waals surface area contributed by atoms with Gasteiger partial charge >= 0.3 is 0 Å². The van der Waals surface area contributed by atoms with Crippen LogP contribution >= 0.6 is 0 Å². The molecule has 0 aliphatic carbocycles. The van der Waals surface area contributed by atoms with E-state index in [4.69, 9.17) is 11.5 Å². The van der Waals surface area contributed by atoms with Gasteiger partial charge in [-0.15, -0.1) is 0 Å². The first-order valence-electron chi connectivity index (χ1n) is 15.5. The van der Waals surface area contributed by atoms with E-state index >= 15 is 0 Å². The van der Waals surface area contributed by atoms with Gasteiger partial charge < -0.3 is 11.5 Å². The monoisotopic (exact) mass is 572 g/mol. The van der Waals surface area contributed by atoms with Gasteiger partial charge in [0.1, 0.15) is 0 Å². The molecule has 44 heavy (non-hydrogen) atoms. The minimum atomic E-state index is 0.808. The smallest absolute Gasteiger partial charge is 0.0314 e. The highest BCUT2D eigenvalue weighted by atomic mass is 14.5. The predicted molar refractivity (Wildman–Crippen MR) is 186 cm³/mol. The Morgan fingerprint density at radius 2 is 0.568 bits per heavy atom. The lowest BCUT2D eigenvalue weighted by Crippen LogP contribution is -1.96. The molecule has 0 amide bonds. The summed E-state index contributed by atoms with van der Waals surface area (Å²) in [4.78, 5) is 0. The van der Waals surface area contributed by atoms with Crippen LogP contribution in [0.25, 0.3) is 0 Å². The first kappa shape index (κ1) is 29.0. The number of benzene rings is 6. The Morgan fingerprint density at radius 1 is 0.318 bits per heavy atom. The van der Waals surface area contributed by atoms with Crippen molar-refractivity contribution in [1.82, 2.24) is 0 Å². The first-order chi connectivity index (χ1) is 21.4. The zero-order valence-corrected chi connectivity index (χ0v) is 25.5. The third-order valence-corrected chi connectivity index (χ3v) is 8.46. The van der Waals surface area contributed by atoms with E-state index in [2.05, 4.69) is 122 Å². The van der Waals surface area contributed by atoms with Crippen molar-refractivity contribution in [2.45, 2.75) is 39.0 Å². The van der Waals surface area contributed by atoms with Gasteiger partial charge in [0.2, 0.25) is 0 Å². The van der Waals surface area contributed by atoms with Crippen LogP contribution in [-0.2, 0) is 32.1 Å². The largest absolute Gasteiger partial charge is 0.399 e. The molecular weight excluding hydrogens is 532 g/mol. The normalized spacial score (nSPS) is 11.0. The first-order valence-corrected chi connectivity index (χ1v) is 15.5. The summed E-state index contributed by atoms with van der Waals surface area (Å²) in [7, 11) is 0. The maximum absolute atomic E-state index is 5.82. The average molecular weight is 573 g/mol. The SMILES string of the molecule is Cc1cc(Cc2ccc(Cc3ccc(Cc4ccc(N)cc4)cc3)cc2)ccc1Cc1ccc(Cc2ccc(N)cc2)cc1. The lowest BCUT2D eigenvalue weighted by molar-refractivity contribution is 1.10. The number of anilines is 2. The second-order valence-corrected chi connectivity index (χ2v) is 12.1. The summed E-state index contributed by atoms with van der Waals surface area (Å²) >= 11 is 0. The molecule has 0 aliphatic heterocycles. The van der Waals surface area contributed by atoms with E-state index in [0.29, 0.717) is 0 Å². The second-order valence-electron chi connectivity index (χ2n) is 12.1. The maximum Gasteiger partial charge on any atom is 0.0314 e. The zero-order chi connectivity index (χ0) is 30.3. The summed E-state index contributed by atoms with van der Waals surface area (Å²) in [5, 5.41) is 0. The molecule has 0 atom stereocenters. The number of hydrogen-bond donors (Lipinski definition) is 2. The molecule has 6 rings (SSSR count). The average Bonchev–Trinajstić information content (AvgIpc) is 3.04. The van der Waals surface area contributed by atoms with Gasteiger partial charge in [-0.05, 0) is 124 Å². The van der Waals surface area contributed by atoms with Crippen molar-refractivity contribution in [3.8, 4) is 0 Å². The van der Waals surface area contributed by atoms with Gasteiger partial charge in [0.25, 0.3) is 0 Å². The van der Waals surface area contributed by atoms with Crippen molar-refractivity contribution < 1.29 is 0 Å². The number of nitrogen functional groups attached to an aromatic ring is 2. The van der Waals surface area contributed by atoms with Gasteiger partial charge in [-0.3, -0.25) is 0 Å². The molecule has 218 valence electrons. The van der Waals surface area contributed by atoms with Crippen molar-refractivity contribution in [2.24, 2.45) is 0 Å². The fourth-order valence-electron chi connectivity index (χ4n) is 5.82. The molecule has 2 nitrogen and oxygen atoms in total. The maximum atomic E-state index is 5.82. The summed E-state index contributed by atoms with van der Waals surface area (Å²) in [6.45, 7) is 2.23. The van der Waals surface area contributed by atoms with E-state index in [1.54, 1.807) is 0 Å². The molecule has 0 saturated heterocycles. The quantitative estimate of drug-likeness (QED) is 0.161. The van der Waals surface area contributed by atoms with Crippen molar-refractivity contribution in [2.75, 3.05) is 11.5 Å². The highest BCUT2D eigenvalue weighted by Gasteiger charge is 2.06. The number of nitrogens with two attached hydrogens (primary N) is 2. The van der Waals surface area contributed by atoms with Crippen LogP contribution in [0.5, 0.6) is 0 Å². The third kappa shape index (κ3) is 7.85. The topological polar surface area (TPSA) is 52.0 Å². The highest BCUT2D eigenvalue weighted by Crippen LogP contribution is 2.21. The second kappa shape index (κ2) is 13.5. The van der Waals surface area contributed by atoms with E-state index in [9.17, 15) is 0 Å². The Hall–Kier alpha value is -5.08. The molecule has 0 bridgehead atoms. The molecule has 0 heterocycles. The van der Waals surface area contributed by atoms with Crippen LogP contribution in [0.15, 0.2) is 140 Å². The van der Waals surface area contributed by atoms with E-state index in [0.717, 1.165) is 43.5 Å². The summed E-state index contributed by atoms with van der Waals surface area (Å²) in [6, 6.07) is 50.3. The molecule has 6 aromatic carbocycles. The Bertz CT molecular complexity index is 1800. The zero-order valence-electron chi connectivity index (χ0n) is 25.5. The van der Waals surface area contributed by atoms with E-state index in [1.165, 1.54) is 61.2 Å². The van der Waals surface area contributed by atoms with Crippen LogP contribution < -0.4 is 11.5 Å². The van der Waals surface area contributed by atoms with Crippen molar-refractivity contribution in [1.29, 1.82) is 0 Å². The van der Waals surface area contributed by atoms with Crippen molar-refractivity contribution in [3.63, 3.8) is 0 Å². The summed E-state index contributed by atoms with van der Waals surface area (Å²) in [6.07, 6.45) is 4.69. The third-order valence-electron chi connectivity index (χ3n) is 8.46. The van der Waals surface area contributed by atoms with E-state index in [1.807, 2.05) is 24.3 Å². The minimum absolute atomic E-state index is 0.808. The Labute approximate surface area is 262 Å². The fraction of sp³-hybridized carbons (Fsp3) is 0.143. The number of aryl methyl sites for hydroxylation is 1. The molecule has 2 heteroatoms. The summed E-state index contributed by atoms with van der Waals surface area (Å²) < 4.78 is 0. The Balaban J connectivity index is 1.01. The van der Waals surface area contributed by atoms with Crippen LogP contribution in [0.4, 0.5) is 11.4 Å². The predicted octanol–water partition coefficient (Wildman–Crippen LogP) is 9.11. The molecule has 0 spiro atoms. The standard InChI is InChI=1S/C42H40N2/c1-30-24-39(14-19-40(30)29-38-12-10-34(11-13-38)27-37-17-22-42(44)23-18-37)28-35-8-6-32(7-9-35)25-31-2-4-33(5-3-31)26-36-15-20-41(43)21-16-36/h2-24H,25-29,43-44H2,1H3. The van der Waals surface area contributed by atoms with E-state index in [-0.39, 0.29) is 0 Å². The van der Waals surface area contributed by atoms with Gasteiger partial charge in [0.15, 0.2) is 0 Å². The molecule has 0 aliphatic rings. The highest BCUT2D eigenvalue weighted by molar-refractivity contribution is 5.43. The minimum Gasteiger partial charge on any atom is -0.399 e. The fourth-order valence-corrected chi connectivity index (χ4v) is 5.82. The van der Waals surface area contributed by atoms with Crippen LogP contribution in [0.3, 0.4) is 0 Å². The molecule has 4 N–H and O–H groups in total. The molecule has 0 saturated carbocycles. The summed E-state index contributed by atoms with van der Waals surface area (Å²) in [5.41, 5.74) is 27.9. The van der Waals surface area contributed by atoms with Gasteiger partial charge in [0, 0.05) is 11.4 Å². The molecule has 0 radical (unpaired) electrons. The Morgan fingerprint density at radius 3 is 0.886 bits per heavy atom. The molecule has 0 unspecified atom stereocenters. The van der Waals surface area contributed by atoms with Gasteiger partial charge in [-0.2, -0.15) is 0 Å². The van der Waals surface area contributed by atoms with E-state index < -0.39 is 0 Å².